The number of nitrogens with zero attached hydrogens (tertiary/aromatic N) is 1. The van der Waals surface area contributed by atoms with Crippen molar-refractivity contribution in [1.29, 1.82) is 0 Å². The van der Waals surface area contributed by atoms with Crippen LogP contribution in [0.4, 0.5) is 4.39 Å². The van der Waals surface area contributed by atoms with E-state index in [9.17, 15) is 14.0 Å². The minimum absolute atomic E-state index is 0.0198. The van der Waals surface area contributed by atoms with E-state index in [0.717, 1.165) is 25.7 Å². The number of carbonyl (C=O) groups is 2. The fourth-order valence-electron chi connectivity index (χ4n) is 3.19. The van der Waals surface area contributed by atoms with Crippen LogP contribution in [0.1, 0.15) is 55.0 Å². The summed E-state index contributed by atoms with van der Waals surface area (Å²) in [6, 6.07) is 6.44. The number of thiazole rings is 1. The van der Waals surface area contributed by atoms with E-state index >= 15 is 0 Å². The minimum Gasteiger partial charge on any atom is -0.483 e. The number of amides is 2. The first-order valence-corrected chi connectivity index (χ1v) is 10.7. The third-order valence-electron chi connectivity index (χ3n) is 4.91. The van der Waals surface area contributed by atoms with Crippen molar-refractivity contribution in [2.24, 2.45) is 5.92 Å². The molecule has 1 saturated carbocycles. The number of rotatable bonds is 7. The van der Waals surface area contributed by atoms with E-state index in [4.69, 9.17) is 4.74 Å². The fraction of sp³-hybridized carbons (Fsp3) is 0.476. The molecular formula is C21H26FN3O3S. The molecule has 0 radical (unpaired) electrons. The van der Waals surface area contributed by atoms with Crippen molar-refractivity contribution in [3.05, 3.63) is 46.2 Å². The summed E-state index contributed by atoms with van der Waals surface area (Å²) in [5.74, 6) is -0.427. The lowest BCUT2D eigenvalue weighted by Crippen LogP contribution is -2.44. The molecule has 29 heavy (non-hydrogen) atoms. The summed E-state index contributed by atoms with van der Waals surface area (Å²) in [6.07, 6.45) is 3.34. The van der Waals surface area contributed by atoms with Crippen LogP contribution in [0.3, 0.4) is 0 Å². The predicted octanol–water partition coefficient (Wildman–Crippen LogP) is 3.67. The maximum Gasteiger partial charge on any atom is 0.270 e. The molecular weight excluding hydrogens is 393 g/mol. The van der Waals surface area contributed by atoms with Gasteiger partial charge in [-0.05, 0) is 37.8 Å². The number of para-hydroxylation sites is 1. The molecule has 6 nitrogen and oxygen atoms in total. The van der Waals surface area contributed by atoms with Crippen LogP contribution >= 0.6 is 11.3 Å². The van der Waals surface area contributed by atoms with Gasteiger partial charge in [0.25, 0.3) is 5.91 Å². The van der Waals surface area contributed by atoms with E-state index in [1.54, 1.807) is 23.6 Å². The lowest BCUT2D eigenvalue weighted by atomic mass is 9.90. The van der Waals surface area contributed by atoms with E-state index < -0.39 is 5.82 Å². The zero-order valence-electron chi connectivity index (χ0n) is 16.6. The fourth-order valence-corrected chi connectivity index (χ4v) is 3.88. The second-order valence-electron chi connectivity index (χ2n) is 7.53. The number of carbonyl (C=O) groups excluding carboxylic acids is 2. The summed E-state index contributed by atoms with van der Waals surface area (Å²) in [6.45, 7) is 3.87. The maximum atomic E-state index is 13.6. The van der Waals surface area contributed by atoms with Gasteiger partial charge in [0.2, 0.25) is 5.91 Å². The average molecular weight is 420 g/mol. The second kappa shape index (κ2) is 9.82. The Kier molecular flexibility index (Phi) is 7.19. The Hall–Kier alpha value is -2.48. The Morgan fingerprint density at radius 1 is 1.17 bits per heavy atom. The maximum absolute atomic E-state index is 13.6. The summed E-state index contributed by atoms with van der Waals surface area (Å²) in [5.41, 5.74) is 0.345. The highest BCUT2D eigenvalue weighted by Crippen LogP contribution is 2.21. The van der Waals surface area contributed by atoms with E-state index in [1.165, 1.54) is 17.4 Å². The van der Waals surface area contributed by atoms with Crippen LogP contribution in [-0.2, 0) is 11.4 Å². The predicted molar refractivity (Wildman–Crippen MR) is 109 cm³/mol. The Morgan fingerprint density at radius 2 is 1.83 bits per heavy atom. The normalized spacial score (nSPS) is 19.0. The Labute approximate surface area is 173 Å². The van der Waals surface area contributed by atoms with E-state index in [1.807, 2.05) is 13.8 Å². The zero-order chi connectivity index (χ0) is 20.8. The van der Waals surface area contributed by atoms with Crippen LogP contribution in [0.15, 0.2) is 29.6 Å². The van der Waals surface area contributed by atoms with Gasteiger partial charge >= 0.3 is 0 Å². The van der Waals surface area contributed by atoms with Crippen molar-refractivity contribution in [1.82, 2.24) is 15.6 Å². The van der Waals surface area contributed by atoms with Gasteiger partial charge in [-0.15, -0.1) is 11.3 Å². The van der Waals surface area contributed by atoms with Gasteiger partial charge in [-0.3, -0.25) is 9.59 Å². The molecule has 0 unspecified atom stereocenters. The summed E-state index contributed by atoms with van der Waals surface area (Å²) in [4.78, 5) is 28.6. The molecule has 0 spiro atoms. The first-order valence-electron chi connectivity index (χ1n) is 9.85. The van der Waals surface area contributed by atoms with Crippen molar-refractivity contribution >= 4 is 23.2 Å². The van der Waals surface area contributed by atoms with Gasteiger partial charge in [0.1, 0.15) is 17.3 Å². The highest BCUT2D eigenvalue weighted by atomic mass is 32.1. The first-order chi connectivity index (χ1) is 13.9. The van der Waals surface area contributed by atoms with E-state index in [2.05, 4.69) is 15.6 Å². The van der Waals surface area contributed by atoms with Gasteiger partial charge in [0, 0.05) is 23.4 Å². The summed E-state index contributed by atoms with van der Waals surface area (Å²) >= 11 is 1.31. The standard InChI is InChI=1S/C21H26FN3O3S/c1-13(2)20(26)23-14-7-9-15(10-8-14)24-21(27)17-12-29-19(25-17)11-28-18-6-4-3-5-16(18)22/h3-6,12-15H,7-11H2,1-2H3,(H,23,26)(H,24,27). The van der Waals surface area contributed by atoms with Crippen LogP contribution in [-0.4, -0.2) is 28.9 Å². The summed E-state index contributed by atoms with van der Waals surface area (Å²) in [5, 5.41) is 8.37. The Balaban J connectivity index is 1.45. The molecule has 1 fully saturated rings. The SMILES string of the molecule is CC(C)C(=O)NC1CCC(NC(=O)c2csc(COc3ccccc3F)n2)CC1. The largest absolute Gasteiger partial charge is 0.483 e. The highest BCUT2D eigenvalue weighted by Gasteiger charge is 2.25. The van der Waals surface area contributed by atoms with Crippen molar-refractivity contribution in [2.45, 2.75) is 58.2 Å². The number of benzene rings is 1. The van der Waals surface area contributed by atoms with E-state index in [-0.39, 0.29) is 42.2 Å². The van der Waals surface area contributed by atoms with Gasteiger partial charge in [-0.1, -0.05) is 26.0 Å². The topological polar surface area (TPSA) is 80.3 Å². The summed E-state index contributed by atoms with van der Waals surface area (Å²) in [7, 11) is 0. The van der Waals surface area contributed by atoms with Crippen molar-refractivity contribution in [3.8, 4) is 5.75 Å². The Bertz CT molecular complexity index is 847. The quantitative estimate of drug-likeness (QED) is 0.718. The number of hydrogen-bond donors (Lipinski definition) is 2. The van der Waals surface area contributed by atoms with Crippen molar-refractivity contribution < 1.29 is 18.7 Å². The molecule has 1 aliphatic carbocycles. The molecule has 3 rings (SSSR count). The molecule has 1 aromatic heterocycles. The van der Waals surface area contributed by atoms with Crippen LogP contribution in [0.2, 0.25) is 0 Å². The van der Waals surface area contributed by atoms with Gasteiger partial charge in [0.05, 0.1) is 0 Å². The third-order valence-corrected chi connectivity index (χ3v) is 5.73. The Morgan fingerprint density at radius 3 is 2.48 bits per heavy atom. The molecule has 0 bridgehead atoms. The number of ether oxygens (including phenoxy) is 1. The molecule has 0 atom stereocenters. The molecule has 8 heteroatoms. The molecule has 0 aliphatic heterocycles. The van der Waals surface area contributed by atoms with Crippen molar-refractivity contribution in [2.75, 3.05) is 0 Å². The molecule has 0 saturated heterocycles. The van der Waals surface area contributed by atoms with Gasteiger partial charge in [-0.2, -0.15) is 0 Å². The summed E-state index contributed by atoms with van der Waals surface area (Å²) < 4.78 is 19.0. The molecule has 2 aromatic rings. The molecule has 1 aromatic carbocycles. The minimum atomic E-state index is -0.429. The van der Waals surface area contributed by atoms with Crippen LogP contribution in [0.5, 0.6) is 5.75 Å². The molecule has 1 aliphatic rings. The molecule has 2 N–H and O–H groups in total. The van der Waals surface area contributed by atoms with E-state index in [0.29, 0.717) is 10.7 Å². The second-order valence-corrected chi connectivity index (χ2v) is 8.47. The zero-order valence-corrected chi connectivity index (χ0v) is 17.4. The molecule has 2 amide bonds. The van der Waals surface area contributed by atoms with Gasteiger partial charge < -0.3 is 15.4 Å². The van der Waals surface area contributed by atoms with Gasteiger partial charge in [-0.25, -0.2) is 9.37 Å². The number of hydrogen-bond acceptors (Lipinski definition) is 5. The smallest absolute Gasteiger partial charge is 0.270 e. The van der Waals surface area contributed by atoms with Crippen LogP contribution in [0, 0.1) is 11.7 Å². The van der Waals surface area contributed by atoms with Gasteiger partial charge in [0.15, 0.2) is 11.6 Å². The first kappa shape index (κ1) is 21.2. The number of halogens is 1. The lowest BCUT2D eigenvalue weighted by molar-refractivity contribution is -0.124. The monoisotopic (exact) mass is 419 g/mol. The average Bonchev–Trinajstić information content (AvgIpc) is 3.18. The van der Waals surface area contributed by atoms with Crippen LogP contribution < -0.4 is 15.4 Å². The van der Waals surface area contributed by atoms with Crippen LogP contribution in [0.25, 0.3) is 0 Å². The molecule has 156 valence electrons. The molecule has 1 heterocycles. The highest BCUT2D eigenvalue weighted by molar-refractivity contribution is 7.09. The third kappa shape index (κ3) is 6.00. The number of aromatic nitrogens is 1. The van der Waals surface area contributed by atoms with Crippen molar-refractivity contribution in [3.63, 3.8) is 0 Å². The lowest BCUT2D eigenvalue weighted by Gasteiger charge is -2.30. The number of nitrogens with one attached hydrogen (secondary N) is 2.